The van der Waals surface area contributed by atoms with Crippen molar-refractivity contribution < 1.29 is 4.74 Å². The highest BCUT2D eigenvalue weighted by atomic mass is 79.9. The molecule has 4 nitrogen and oxygen atoms in total. The summed E-state index contributed by atoms with van der Waals surface area (Å²) >= 11 is 5.21. The minimum absolute atomic E-state index is 0.448. The largest absolute Gasteiger partial charge is 0.379 e. The molecule has 1 unspecified atom stereocenters. The second-order valence-electron chi connectivity index (χ2n) is 5.85. The molecular formula is C17H22BrN3OS. The third-order valence-electron chi connectivity index (χ3n) is 3.89. The number of hydrogen-bond donors (Lipinski definition) is 1. The molecule has 6 heteroatoms. The first kappa shape index (κ1) is 17.0. The van der Waals surface area contributed by atoms with Crippen LogP contribution >= 0.6 is 27.3 Å². The SMILES string of the molecule is CC(CN1CCOCC1)NCc1csc(-c2cccc(Br)c2)n1. The van der Waals surface area contributed by atoms with Crippen LogP contribution < -0.4 is 5.32 Å². The number of halogens is 1. The number of rotatable bonds is 6. The number of aromatic nitrogens is 1. The highest BCUT2D eigenvalue weighted by Gasteiger charge is 2.13. The second kappa shape index (κ2) is 8.35. The second-order valence-corrected chi connectivity index (χ2v) is 7.62. The average Bonchev–Trinajstić information content (AvgIpc) is 3.03. The predicted octanol–water partition coefficient (Wildman–Crippen LogP) is 3.38. The molecule has 1 aromatic carbocycles. The van der Waals surface area contributed by atoms with Crippen molar-refractivity contribution in [2.24, 2.45) is 0 Å². The van der Waals surface area contributed by atoms with Crippen LogP contribution in [-0.2, 0) is 11.3 Å². The molecule has 2 aromatic rings. The summed E-state index contributed by atoms with van der Waals surface area (Å²) in [7, 11) is 0. The number of ether oxygens (including phenoxy) is 1. The highest BCUT2D eigenvalue weighted by molar-refractivity contribution is 9.10. The van der Waals surface area contributed by atoms with Gasteiger partial charge in [-0.2, -0.15) is 0 Å². The first-order valence-corrected chi connectivity index (χ1v) is 9.62. The van der Waals surface area contributed by atoms with E-state index in [1.54, 1.807) is 11.3 Å². The van der Waals surface area contributed by atoms with Gasteiger partial charge in [0.1, 0.15) is 5.01 Å². The average molecular weight is 396 g/mol. The fraction of sp³-hybridized carbons (Fsp3) is 0.471. The molecule has 0 amide bonds. The van der Waals surface area contributed by atoms with Crippen molar-refractivity contribution in [2.75, 3.05) is 32.8 Å². The van der Waals surface area contributed by atoms with Gasteiger partial charge in [0, 0.05) is 47.6 Å². The number of benzene rings is 1. The lowest BCUT2D eigenvalue weighted by atomic mass is 10.2. The summed E-state index contributed by atoms with van der Waals surface area (Å²) in [6, 6.07) is 8.73. The Hall–Kier alpha value is -0.790. The topological polar surface area (TPSA) is 37.4 Å². The van der Waals surface area contributed by atoms with E-state index in [-0.39, 0.29) is 0 Å². The zero-order valence-corrected chi connectivity index (χ0v) is 15.7. The predicted molar refractivity (Wildman–Crippen MR) is 98.8 cm³/mol. The molecule has 1 atom stereocenters. The molecule has 2 heterocycles. The van der Waals surface area contributed by atoms with E-state index < -0.39 is 0 Å². The quantitative estimate of drug-likeness (QED) is 0.813. The Morgan fingerprint density at radius 1 is 1.39 bits per heavy atom. The molecule has 0 saturated carbocycles. The summed E-state index contributed by atoms with van der Waals surface area (Å²) in [5.41, 5.74) is 2.27. The zero-order chi connectivity index (χ0) is 16.1. The maximum atomic E-state index is 5.39. The third-order valence-corrected chi connectivity index (χ3v) is 5.32. The van der Waals surface area contributed by atoms with Crippen LogP contribution in [0, 0.1) is 0 Å². The van der Waals surface area contributed by atoms with Crippen LogP contribution in [0.1, 0.15) is 12.6 Å². The van der Waals surface area contributed by atoms with Gasteiger partial charge in [0.05, 0.1) is 18.9 Å². The van der Waals surface area contributed by atoms with Gasteiger partial charge in [-0.1, -0.05) is 28.1 Å². The maximum Gasteiger partial charge on any atom is 0.123 e. The maximum absolute atomic E-state index is 5.39. The minimum atomic E-state index is 0.448. The Bertz CT molecular complexity index is 628. The molecule has 0 bridgehead atoms. The molecular weight excluding hydrogens is 374 g/mol. The molecule has 0 spiro atoms. The van der Waals surface area contributed by atoms with E-state index >= 15 is 0 Å². The summed E-state index contributed by atoms with van der Waals surface area (Å²) in [5, 5.41) is 6.79. The number of hydrogen-bond acceptors (Lipinski definition) is 5. The number of morpholine rings is 1. The van der Waals surface area contributed by atoms with Gasteiger partial charge < -0.3 is 10.1 Å². The summed E-state index contributed by atoms with van der Waals surface area (Å²) in [6.07, 6.45) is 0. The molecule has 1 aliphatic heterocycles. The van der Waals surface area contributed by atoms with Gasteiger partial charge in [0.2, 0.25) is 0 Å². The van der Waals surface area contributed by atoms with Gasteiger partial charge in [-0.15, -0.1) is 11.3 Å². The van der Waals surface area contributed by atoms with Gasteiger partial charge in [-0.25, -0.2) is 4.98 Å². The normalized spacial score (nSPS) is 17.3. The highest BCUT2D eigenvalue weighted by Crippen LogP contribution is 2.26. The van der Waals surface area contributed by atoms with Crippen LogP contribution in [0.15, 0.2) is 34.1 Å². The van der Waals surface area contributed by atoms with Gasteiger partial charge in [-0.3, -0.25) is 4.90 Å². The van der Waals surface area contributed by atoms with Gasteiger partial charge in [-0.05, 0) is 19.1 Å². The van der Waals surface area contributed by atoms with Crippen LogP contribution in [0.3, 0.4) is 0 Å². The molecule has 1 N–H and O–H groups in total. The Kier molecular flexibility index (Phi) is 6.19. The van der Waals surface area contributed by atoms with Crippen LogP contribution in [-0.4, -0.2) is 48.8 Å². The Morgan fingerprint density at radius 3 is 3.00 bits per heavy atom. The van der Waals surface area contributed by atoms with Crippen molar-refractivity contribution in [3.63, 3.8) is 0 Å². The summed E-state index contributed by atoms with van der Waals surface area (Å²) in [5.74, 6) is 0. The molecule has 1 aliphatic rings. The fourth-order valence-corrected chi connectivity index (χ4v) is 3.87. The smallest absolute Gasteiger partial charge is 0.123 e. The fourth-order valence-electron chi connectivity index (χ4n) is 2.66. The van der Waals surface area contributed by atoms with Crippen molar-refractivity contribution in [2.45, 2.75) is 19.5 Å². The van der Waals surface area contributed by atoms with Crippen LogP contribution in [0.5, 0.6) is 0 Å². The molecule has 0 radical (unpaired) electrons. The third kappa shape index (κ3) is 5.09. The Labute approximate surface area is 150 Å². The molecule has 3 rings (SSSR count). The summed E-state index contributed by atoms with van der Waals surface area (Å²) in [4.78, 5) is 7.20. The zero-order valence-electron chi connectivity index (χ0n) is 13.3. The van der Waals surface area contributed by atoms with E-state index in [4.69, 9.17) is 9.72 Å². The minimum Gasteiger partial charge on any atom is -0.379 e. The van der Waals surface area contributed by atoms with Gasteiger partial charge in [0.15, 0.2) is 0 Å². The number of nitrogens with zero attached hydrogens (tertiary/aromatic N) is 2. The van der Waals surface area contributed by atoms with Crippen molar-refractivity contribution >= 4 is 27.3 Å². The van der Waals surface area contributed by atoms with Crippen molar-refractivity contribution in [1.29, 1.82) is 0 Å². The van der Waals surface area contributed by atoms with E-state index in [0.29, 0.717) is 6.04 Å². The van der Waals surface area contributed by atoms with Crippen molar-refractivity contribution in [1.82, 2.24) is 15.2 Å². The Balaban J connectivity index is 1.50. The molecule has 1 saturated heterocycles. The van der Waals surface area contributed by atoms with Gasteiger partial charge >= 0.3 is 0 Å². The molecule has 1 fully saturated rings. The molecule has 23 heavy (non-hydrogen) atoms. The molecule has 0 aliphatic carbocycles. The van der Waals surface area contributed by atoms with E-state index in [9.17, 15) is 0 Å². The van der Waals surface area contributed by atoms with E-state index in [1.807, 2.05) is 12.1 Å². The lowest BCUT2D eigenvalue weighted by molar-refractivity contribution is 0.0343. The molecule has 124 valence electrons. The standard InChI is InChI=1S/C17H22BrN3OS/c1-13(11-21-5-7-22-8-6-21)19-10-16-12-23-17(20-16)14-3-2-4-15(18)9-14/h2-4,9,12-13,19H,5-8,10-11H2,1H3. The van der Waals surface area contributed by atoms with Gasteiger partial charge in [0.25, 0.3) is 0 Å². The van der Waals surface area contributed by atoms with Crippen LogP contribution in [0.25, 0.3) is 10.6 Å². The summed E-state index contributed by atoms with van der Waals surface area (Å²) < 4.78 is 6.48. The first-order chi connectivity index (χ1) is 11.2. The lowest BCUT2D eigenvalue weighted by Gasteiger charge is -2.29. The first-order valence-electron chi connectivity index (χ1n) is 7.94. The lowest BCUT2D eigenvalue weighted by Crippen LogP contribution is -2.44. The van der Waals surface area contributed by atoms with E-state index in [2.05, 4.69) is 50.6 Å². The van der Waals surface area contributed by atoms with E-state index in [0.717, 1.165) is 60.1 Å². The monoisotopic (exact) mass is 395 g/mol. The number of thiazole rings is 1. The van der Waals surface area contributed by atoms with E-state index in [1.165, 1.54) is 0 Å². The Morgan fingerprint density at radius 2 is 2.22 bits per heavy atom. The van der Waals surface area contributed by atoms with Crippen LogP contribution in [0.2, 0.25) is 0 Å². The van der Waals surface area contributed by atoms with Crippen molar-refractivity contribution in [3.8, 4) is 10.6 Å². The van der Waals surface area contributed by atoms with Crippen LogP contribution in [0.4, 0.5) is 0 Å². The summed E-state index contributed by atoms with van der Waals surface area (Å²) in [6.45, 7) is 7.90. The number of nitrogens with one attached hydrogen (secondary N) is 1. The van der Waals surface area contributed by atoms with Crippen molar-refractivity contribution in [3.05, 3.63) is 39.8 Å². The molecule has 1 aromatic heterocycles.